The lowest BCUT2D eigenvalue weighted by Gasteiger charge is -2.39. The van der Waals surface area contributed by atoms with Crippen LogP contribution in [0.4, 0.5) is 4.39 Å². The van der Waals surface area contributed by atoms with Crippen LogP contribution < -0.4 is 0 Å². The van der Waals surface area contributed by atoms with Crippen LogP contribution in [0, 0.1) is 12.7 Å². The van der Waals surface area contributed by atoms with Crippen molar-refractivity contribution in [3.05, 3.63) is 41.6 Å². The zero-order valence-corrected chi connectivity index (χ0v) is 12.4. The molecule has 0 N–H and O–H groups in total. The summed E-state index contributed by atoms with van der Waals surface area (Å²) >= 11 is 0. The van der Waals surface area contributed by atoms with E-state index in [2.05, 4.69) is 37.3 Å². The minimum absolute atomic E-state index is 0.0821. The molecule has 1 aromatic heterocycles. The Kier molecular flexibility index (Phi) is 2.94. The Morgan fingerprint density at radius 3 is 2.45 bits per heavy atom. The van der Waals surface area contributed by atoms with Gasteiger partial charge in [0.2, 0.25) is 0 Å². The lowest BCUT2D eigenvalue weighted by molar-refractivity contribution is 0.109. The van der Waals surface area contributed by atoms with E-state index in [1.165, 1.54) is 12.1 Å². The summed E-state index contributed by atoms with van der Waals surface area (Å²) in [6.07, 6.45) is 0. The van der Waals surface area contributed by atoms with Gasteiger partial charge in [-0.1, -0.05) is 0 Å². The Labute approximate surface area is 119 Å². The molecule has 0 aliphatic carbocycles. The van der Waals surface area contributed by atoms with E-state index in [-0.39, 0.29) is 11.4 Å². The minimum Gasteiger partial charge on any atom is -0.329 e. The molecule has 0 bridgehead atoms. The van der Waals surface area contributed by atoms with Crippen LogP contribution in [0.2, 0.25) is 0 Å². The largest absolute Gasteiger partial charge is 0.329 e. The number of benzene rings is 1. The summed E-state index contributed by atoms with van der Waals surface area (Å²) in [5.41, 5.74) is 3.02. The van der Waals surface area contributed by atoms with E-state index in [1.807, 2.05) is 0 Å². The normalized spacial score (nSPS) is 18.1. The molecule has 2 aromatic rings. The van der Waals surface area contributed by atoms with Gasteiger partial charge in [0.05, 0.1) is 11.2 Å². The van der Waals surface area contributed by atoms with Crippen LogP contribution in [-0.2, 0) is 12.1 Å². The number of rotatable bonds is 1. The number of halogens is 1. The molecule has 1 aliphatic rings. The van der Waals surface area contributed by atoms with Gasteiger partial charge in [0.15, 0.2) is 0 Å². The molecule has 0 unspecified atom stereocenters. The van der Waals surface area contributed by atoms with Gasteiger partial charge in [-0.05, 0) is 52.1 Å². The van der Waals surface area contributed by atoms with E-state index in [0.717, 1.165) is 35.9 Å². The summed E-state index contributed by atoms with van der Waals surface area (Å²) in [6.45, 7) is 8.45. The molecule has 0 atom stereocenters. The van der Waals surface area contributed by atoms with Crippen molar-refractivity contribution >= 4 is 0 Å². The fourth-order valence-corrected chi connectivity index (χ4v) is 2.86. The third-order valence-electron chi connectivity index (χ3n) is 4.50. The summed E-state index contributed by atoms with van der Waals surface area (Å²) in [7, 11) is 2.13. The zero-order chi connectivity index (χ0) is 14.5. The quantitative estimate of drug-likeness (QED) is 0.795. The summed E-state index contributed by atoms with van der Waals surface area (Å²) in [6, 6.07) is 6.58. The van der Waals surface area contributed by atoms with Gasteiger partial charge in [0.25, 0.3) is 0 Å². The van der Waals surface area contributed by atoms with E-state index in [4.69, 9.17) is 4.98 Å². The van der Waals surface area contributed by atoms with Crippen LogP contribution in [0.3, 0.4) is 0 Å². The zero-order valence-electron chi connectivity index (χ0n) is 12.4. The SMILES string of the molecule is Cc1c(-c2ccc(F)cc2)nc2n1CCN(C)C2(C)C. The molecule has 1 aliphatic heterocycles. The van der Waals surface area contributed by atoms with Crippen molar-refractivity contribution in [2.24, 2.45) is 0 Å². The first-order valence-electron chi connectivity index (χ1n) is 6.96. The van der Waals surface area contributed by atoms with Gasteiger partial charge in [-0.2, -0.15) is 0 Å². The lowest BCUT2D eigenvalue weighted by atomic mass is 10.0. The van der Waals surface area contributed by atoms with Crippen LogP contribution in [0.25, 0.3) is 11.3 Å². The number of aromatic nitrogens is 2. The molecule has 3 nitrogen and oxygen atoms in total. The van der Waals surface area contributed by atoms with E-state index < -0.39 is 0 Å². The lowest BCUT2D eigenvalue weighted by Crippen LogP contribution is -2.46. The summed E-state index contributed by atoms with van der Waals surface area (Å²) in [5, 5.41) is 0. The van der Waals surface area contributed by atoms with Crippen molar-refractivity contribution in [1.82, 2.24) is 14.5 Å². The molecule has 1 aromatic carbocycles. The Balaban J connectivity index is 2.14. The highest BCUT2D eigenvalue weighted by atomic mass is 19.1. The van der Waals surface area contributed by atoms with E-state index in [9.17, 15) is 4.39 Å². The molecular weight excluding hydrogens is 253 g/mol. The molecule has 0 saturated carbocycles. The number of fused-ring (bicyclic) bond motifs is 1. The number of hydrogen-bond donors (Lipinski definition) is 0. The van der Waals surface area contributed by atoms with Gasteiger partial charge in [0, 0.05) is 24.3 Å². The van der Waals surface area contributed by atoms with Crippen LogP contribution in [-0.4, -0.2) is 28.0 Å². The topological polar surface area (TPSA) is 21.1 Å². The minimum atomic E-state index is -0.213. The van der Waals surface area contributed by atoms with E-state index in [0.29, 0.717) is 0 Å². The highest BCUT2D eigenvalue weighted by Crippen LogP contribution is 2.34. The molecule has 3 rings (SSSR count). The van der Waals surface area contributed by atoms with E-state index in [1.54, 1.807) is 12.1 Å². The van der Waals surface area contributed by atoms with Crippen molar-refractivity contribution in [2.45, 2.75) is 32.9 Å². The second-order valence-corrected chi connectivity index (χ2v) is 6.01. The van der Waals surface area contributed by atoms with Gasteiger partial charge < -0.3 is 4.57 Å². The number of hydrogen-bond acceptors (Lipinski definition) is 2. The van der Waals surface area contributed by atoms with Crippen LogP contribution in [0.1, 0.15) is 25.4 Å². The van der Waals surface area contributed by atoms with Crippen LogP contribution >= 0.6 is 0 Å². The molecule has 4 heteroatoms. The molecule has 20 heavy (non-hydrogen) atoms. The molecule has 0 amide bonds. The average Bonchev–Trinajstić information content (AvgIpc) is 2.74. The smallest absolute Gasteiger partial charge is 0.129 e. The van der Waals surface area contributed by atoms with Gasteiger partial charge in [0.1, 0.15) is 11.6 Å². The standard InChI is InChI=1S/C16H20FN3/c1-11-14(12-5-7-13(17)8-6-12)18-15-16(2,3)19(4)9-10-20(11)15/h5-8H,9-10H2,1-4H3. The first-order chi connectivity index (χ1) is 9.41. The predicted octanol–water partition coefficient (Wildman–Crippen LogP) is 3.18. The van der Waals surface area contributed by atoms with Gasteiger partial charge in [-0.3, -0.25) is 4.90 Å². The van der Waals surface area contributed by atoms with Crippen LogP contribution in [0.15, 0.2) is 24.3 Å². The number of likely N-dealkylation sites (N-methyl/N-ethyl adjacent to an activating group) is 1. The molecule has 0 radical (unpaired) electrons. The molecule has 106 valence electrons. The van der Waals surface area contributed by atoms with Gasteiger partial charge >= 0.3 is 0 Å². The second kappa shape index (κ2) is 4.42. The van der Waals surface area contributed by atoms with Crippen LogP contribution in [0.5, 0.6) is 0 Å². The van der Waals surface area contributed by atoms with Crippen molar-refractivity contribution in [1.29, 1.82) is 0 Å². The third kappa shape index (κ3) is 1.86. The Morgan fingerprint density at radius 1 is 1.15 bits per heavy atom. The molecule has 0 saturated heterocycles. The maximum atomic E-state index is 13.1. The first-order valence-corrected chi connectivity index (χ1v) is 6.96. The summed E-state index contributed by atoms with van der Waals surface area (Å²) in [5.74, 6) is 0.874. The first kappa shape index (κ1) is 13.3. The maximum absolute atomic E-state index is 13.1. The maximum Gasteiger partial charge on any atom is 0.129 e. The molecule has 0 fully saturated rings. The molecular formula is C16H20FN3. The Bertz CT molecular complexity index is 640. The van der Waals surface area contributed by atoms with Gasteiger partial charge in [-0.15, -0.1) is 0 Å². The average molecular weight is 273 g/mol. The van der Waals surface area contributed by atoms with Crippen molar-refractivity contribution < 1.29 is 4.39 Å². The Morgan fingerprint density at radius 2 is 1.80 bits per heavy atom. The number of imidazole rings is 1. The van der Waals surface area contributed by atoms with Crippen molar-refractivity contribution in [3.63, 3.8) is 0 Å². The number of nitrogens with zero attached hydrogens (tertiary/aromatic N) is 3. The second-order valence-electron chi connectivity index (χ2n) is 6.01. The van der Waals surface area contributed by atoms with E-state index >= 15 is 0 Å². The summed E-state index contributed by atoms with van der Waals surface area (Å²) in [4.78, 5) is 7.17. The summed E-state index contributed by atoms with van der Waals surface area (Å²) < 4.78 is 15.4. The fraction of sp³-hybridized carbons (Fsp3) is 0.438. The molecule has 2 heterocycles. The molecule has 0 spiro atoms. The third-order valence-corrected chi connectivity index (χ3v) is 4.50. The highest BCUT2D eigenvalue weighted by molar-refractivity contribution is 5.62. The predicted molar refractivity (Wildman–Crippen MR) is 78.0 cm³/mol. The highest BCUT2D eigenvalue weighted by Gasteiger charge is 2.35. The Hall–Kier alpha value is -1.68. The fourth-order valence-electron chi connectivity index (χ4n) is 2.86. The van der Waals surface area contributed by atoms with Crippen molar-refractivity contribution in [3.8, 4) is 11.3 Å². The van der Waals surface area contributed by atoms with Gasteiger partial charge in [-0.25, -0.2) is 9.37 Å². The van der Waals surface area contributed by atoms with Crippen molar-refractivity contribution in [2.75, 3.05) is 13.6 Å². The monoisotopic (exact) mass is 273 g/mol.